The molecule has 22 heavy (non-hydrogen) atoms. The zero-order valence-electron chi connectivity index (χ0n) is 12.5. The molecule has 1 aromatic heterocycles. The van der Waals surface area contributed by atoms with E-state index in [-0.39, 0.29) is 11.7 Å². The second-order valence-electron chi connectivity index (χ2n) is 4.54. The molecule has 0 bridgehead atoms. The van der Waals surface area contributed by atoms with Crippen LogP contribution in [0.5, 0.6) is 0 Å². The molecule has 1 heterocycles. The highest BCUT2D eigenvalue weighted by Gasteiger charge is 2.08. The van der Waals surface area contributed by atoms with Crippen LogP contribution >= 0.6 is 11.8 Å². The molecule has 0 radical (unpaired) electrons. The van der Waals surface area contributed by atoms with E-state index in [1.54, 1.807) is 7.11 Å². The fourth-order valence-electron chi connectivity index (χ4n) is 1.74. The average Bonchev–Trinajstić information content (AvgIpc) is 2.95. The van der Waals surface area contributed by atoms with Gasteiger partial charge < -0.3 is 19.2 Å². The van der Waals surface area contributed by atoms with Gasteiger partial charge >= 0.3 is 0 Å². The van der Waals surface area contributed by atoms with Crippen molar-refractivity contribution in [2.75, 3.05) is 39.2 Å². The summed E-state index contributed by atoms with van der Waals surface area (Å²) in [6.45, 7) is 2.38. The van der Waals surface area contributed by atoms with Gasteiger partial charge in [0.15, 0.2) is 5.58 Å². The third-order valence-electron chi connectivity index (χ3n) is 2.82. The standard InChI is InChI=1S/C15H20N2O4S/c1-19-9-10-20-8-4-7-16-14(18)11-22-15-17-12-5-2-3-6-13(12)21-15/h2-3,5-6H,4,7-11H2,1H3,(H,16,18). The Morgan fingerprint density at radius 1 is 1.32 bits per heavy atom. The fraction of sp³-hybridized carbons (Fsp3) is 0.467. The second-order valence-corrected chi connectivity index (χ2v) is 5.47. The van der Waals surface area contributed by atoms with Gasteiger partial charge in [0.1, 0.15) is 5.52 Å². The SMILES string of the molecule is COCCOCCCNC(=O)CSc1nc2ccccc2o1. The first-order chi connectivity index (χ1) is 10.8. The molecule has 2 rings (SSSR count). The molecular weight excluding hydrogens is 304 g/mol. The number of thioether (sulfide) groups is 1. The number of rotatable bonds is 10. The Morgan fingerprint density at radius 3 is 3.00 bits per heavy atom. The number of nitrogens with one attached hydrogen (secondary N) is 1. The smallest absolute Gasteiger partial charge is 0.257 e. The normalized spacial score (nSPS) is 11.0. The van der Waals surface area contributed by atoms with Crippen LogP contribution < -0.4 is 5.32 Å². The summed E-state index contributed by atoms with van der Waals surface area (Å²) in [6.07, 6.45) is 0.781. The molecule has 120 valence electrons. The van der Waals surface area contributed by atoms with E-state index in [2.05, 4.69) is 10.3 Å². The van der Waals surface area contributed by atoms with Crippen molar-refractivity contribution in [1.29, 1.82) is 0 Å². The van der Waals surface area contributed by atoms with E-state index in [9.17, 15) is 4.79 Å². The number of oxazole rings is 1. The van der Waals surface area contributed by atoms with Gasteiger partial charge in [-0.25, -0.2) is 4.98 Å². The maximum Gasteiger partial charge on any atom is 0.257 e. The summed E-state index contributed by atoms with van der Waals surface area (Å²) in [5.74, 6) is 0.251. The van der Waals surface area contributed by atoms with E-state index in [1.807, 2.05) is 24.3 Å². The molecule has 1 N–H and O–H groups in total. The number of benzene rings is 1. The van der Waals surface area contributed by atoms with Crippen molar-refractivity contribution in [2.45, 2.75) is 11.6 Å². The number of carbonyl (C=O) groups excluding carboxylic acids is 1. The molecule has 0 atom stereocenters. The lowest BCUT2D eigenvalue weighted by atomic mass is 10.3. The van der Waals surface area contributed by atoms with Crippen LogP contribution in [0.1, 0.15) is 6.42 Å². The molecule has 0 saturated carbocycles. The van der Waals surface area contributed by atoms with Gasteiger partial charge in [-0.15, -0.1) is 0 Å². The lowest BCUT2D eigenvalue weighted by molar-refractivity contribution is -0.118. The van der Waals surface area contributed by atoms with Crippen LogP contribution in [-0.4, -0.2) is 50.1 Å². The van der Waals surface area contributed by atoms with E-state index < -0.39 is 0 Å². The van der Waals surface area contributed by atoms with Gasteiger partial charge in [-0.1, -0.05) is 23.9 Å². The summed E-state index contributed by atoms with van der Waals surface area (Å²) in [5.41, 5.74) is 1.54. The van der Waals surface area contributed by atoms with Crippen molar-refractivity contribution in [3.05, 3.63) is 24.3 Å². The Balaban J connectivity index is 1.59. The first-order valence-corrected chi connectivity index (χ1v) is 8.10. The molecule has 6 nitrogen and oxygen atoms in total. The van der Waals surface area contributed by atoms with Gasteiger partial charge in [0.05, 0.1) is 19.0 Å². The summed E-state index contributed by atoms with van der Waals surface area (Å²) in [6, 6.07) is 7.53. The maximum absolute atomic E-state index is 11.7. The van der Waals surface area contributed by atoms with Gasteiger partial charge in [0, 0.05) is 20.3 Å². The quantitative estimate of drug-likeness (QED) is 0.533. The van der Waals surface area contributed by atoms with Crippen LogP contribution in [-0.2, 0) is 14.3 Å². The third-order valence-corrected chi connectivity index (χ3v) is 3.65. The molecule has 7 heteroatoms. The number of hydrogen-bond donors (Lipinski definition) is 1. The van der Waals surface area contributed by atoms with Crippen LogP contribution in [0.25, 0.3) is 11.1 Å². The number of fused-ring (bicyclic) bond motifs is 1. The maximum atomic E-state index is 11.7. The number of methoxy groups -OCH3 is 1. The molecule has 2 aromatic rings. The van der Waals surface area contributed by atoms with Gasteiger partial charge in [-0.2, -0.15) is 0 Å². The predicted octanol–water partition coefficient (Wildman–Crippen LogP) is 2.09. The van der Waals surface area contributed by atoms with Crippen LogP contribution in [0.15, 0.2) is 33.9 Å². The minimum absolute atomic E-state index is 0.0378. The minimum Gasteiger partial charge on any atom is -0.431 e. The fourth-order valence-corrected chi connectivity index (χ4v) is 2.41. The summed E-state index contributed by atoms with van der Waals surface area (Å²) >= 11 is 1.29. The Labute approximate surface area is 133 Å². The summed E-state index contributed by atoms with van der Waals surface area (Å²) < 4.78 is 15.7. The molecule has 0 saturated heterocycles. The Kier molecular flexibility index (Phi) is 7.21. The van der Waals surface area contributed by atoms with Crippen molar-refractivity contribution < 1.29 is 18.7 Å². The largest absolute Gasteiger partial charge is 0.431 e. The van der Waals surface area contributed by atoms with E-state index >= 15 is 0 Å². The Bertz CT molecular complexity index is 555. The number of amides is 1. The van der Waals surface area contributed by atoms with E-state index in [0.717, 1.165) is 17.5 Å². The van der Waals surface area contributed by atoms with Crippen molar-refractivity contribution in [1.82, 2.24) is 10.3 Å². The van der Waals surface area contributed by atoms with Gasteiger partial charge in [0.2, 0.25) is 5.91 Å². The van der Waals surface area contributed by atoms with Crippen LogP contribution in [0.2, 0.25) is 0 Å². The lowest BCUT2D eigenvalue weighted by Gasteiger charge is -2.05. The predicted molar refractivity (Wildman–Crippen MR) is 85.1 cm³/mol. The highest BCUT2D eigenvalue weighted by Crippen LogP contribution is 2.22. The summed E-state index contributed by atoms with van der Waals surface area (Å²) in [4.78, 5) is 16.0. The Morgan fingerprint density at radius 2 is 2.18 bits per heavy atom. The van der Waals surface area contributed by atoms with Crippen molar-refractivity contribution in [2.24, 2.45) is 0 Å². The number of carbonyl (C=O) groups is 1. The van der Waals surface area contributed by atoms with Crippen LogP contribution in [0.4, 0.5) is 0 Å². The average molecular weight is 324 g/mol. The molecule has 0 aliphatic rings. The van der Waals surface area contributed by atoms with E-state index in [0.29, 0.717) is 31.6 Å². The second kappa shape index (κ2) is 9.45. The molecular formula is C15H20N2O4S. The lowest BCUT2D eigenvalue weighted by Crippen LogP contribution is -2.27. The summed E-state index contributed by atoms with van der Waals surface area (Å²) in [5, 5.41) is 3.35. The van der Waals surface area contributed by atoms with Crippen molar-refractivity contribution in [3.8, 4) is 0 Å². The number of nitrogens with zero attached hydrogens (tertiary/aromatic N) is 1. The molecule has 1 amide bonds. The molecule has 0 unspecified atom stereocenters. The minimum atomic E-state index is -0.0378. The molecule has 0 spiro atoms. The topological polar surface area (TPSA) is 73.6 Å². The molecule has 1 aromatic carbocycles. The highest BCUT2D eigenvalue weighted by atomic mass is 32.2. The van der Waals surface area contributed by atoms with Crippen molar-refractivity contribution >= 4 is 28.8 Å². The van der Waals surface area contributed by atoms with Gasteiger partial charge in [-0.05, 0) is 18.6 Å². The first kappa shape index (κ1) is 16.8. The Hall–Kier alpha value is -1.57. The van der Waals surface area contributed by atoms with Gasteiger partial charge in [0.25, 0.3) is 5.22 Å². The molecule has 0 aliphatic heterocycles. The van der Waals surface area contributed by atoms with Crippen molar-refractivity contribution in [3.63, 3.8) is 0 Å². The third kappa shape index (κ3) is 5.67. The molecule has 0 fully saturated rings. The van der Waals surface area contributed by atoms with Crippen LogP contribution in [0.3, 0.4) is 0 Å². The monoisotopic (exact) mass is 324 g/mol. The highest BCUT2D eigenvalue weighted by molar-refractivity contribution is 7.99. The molecule has 0 aliphatic carbocycles. The number of aromatic nitrogens is 1. The summed E-state index contributed by atoms with van der Waals surface area (Å²) in [7, 11) is 1.64. The van der Waals surface area contributed by atoms with Crippen LogP contribution in [0, 0.1) is 0 Å². The first-order valence-electron chi connectivity index (χ1n) is 7.11. The zero-order chi connectivity index (χ0) is 15.6. The number of para-hydroxylation sites is 2. The zero-order valence-corrected chi connectivity index (χ0v) is 13.4. The number of hydrogen-bond acceptors (Lipinski definition) is 6. The van der Waals surface area contributed by atoms with E-state index in [4.69, 9.17) is 13.9 Å². The number of ether oxygens (including phenoxy) is 2. The van der Waals surface area contributed by atoms with E-state index in [1.165, 1.54) is 11.8 Å². The van der Waals surface area contributed by atoms with Gasteiger partial charge in [-0.3, -0.25) is 4.79 Å².